The fourth-order valence-electron chi connectivity index (χ4n) is 0.257. The minimum Gasteiger partial charge on any atom is -0.234 e. The molecule has 0 saturated carbocycles. The average molecular weight is 128 g/mol. The maximum atomic E-state index is 4.58. The lowest BCUT2D eigenvalue weighted by molar-refractivity contribution is 1.39. The van der Waals surface area contributed by atoms with Crippen LogP contribution in [-0.2, 0) is 0 Å². The van der Waals surface area contributed by atoms with Gasteiger partial charge in [-0.3, -0.25) is 0 Å². The molecule has 1 nitrogen and oxygen atoms in total. The summed E-state index contributed by atoms with van der Waals surface area (Å²) in [6, 6.07) is 0. The van der Waals surface area contributed by atoms with E-state index in [-0.39, 0.29) is 0 Å². The Morgan fingerprint density at radius 1 is 2.00 bits per heavy atom. The van der Waals surface area contributed by atoms with Crippen molar-refractivity contribution in [2.45, 2.75) is 0 Å². The van der Waals surface area contributed by atoms with Crippen molar-refractivity contribution in [1.29, 1.82) is 0 Å². The summed E-state index contributed by atoms with van der Waals surface area (Å²) in [6.07, 6.45) is 2.65. The number of hydrogen-bond donors (Lipinski definition) is 0. The van der Waals surface area contributed by atoms with E-state index in [0.29, 0.717) is 0 Å². The Kier molecular flexibility index (Phi) is 1.49. The highest BCUT2D eigenvalue weighted by atomic mass is 32.1. The maximum Gasteiger partial charge on any atom is 0.127 e. The number of nitrogens with zero attached hydrogens (tertiary/aromatic N) is 1. The van der Waals surface area contributed by atoms with Crippen LogP contribution in [-0.4, -0.2) is 10.4 Å². The van der Waals surface area contributed by atoms with Crippen molar-refractivity contribution in [1.82, 2.24) is 4.98 Å². The molecule has 0 atom stereocenters. The van der Waals surface area contributed by atoms with E-state index in [0.717, 1.165) is 5.01 Å². The van der Waals surface area contributed by atoms with Gasteiger partial charge >= 0.3 is 0 Å². The Bertz CT molecular complexity index is 145. The molecule has 1 aromatic rings. The summed E-state index contributed by atoms with van der Waals surface area (Å²) < 4.78 is 0. The fraction of sp³-hybridized carbons (Fsp3) is 0. The number of thiocarbonyl (C=S) groups is 1. The zero-order valence-electron chi connectivity index (χ0n) is 3.42. The Hall–Kier alpha value is -0.280. The van der Waals surface area contributed by atoms with Crippen molar-refractivity contribution in [2.75, 3.05) is 0 Å². The summed E-state index contributed by atoms with van der Waals surface area (Å²) in [5.41, 5.74) is 0. The Morgan fingerprint density at radius 3 is 3.14 bits per heavy atom. The molecule has 0 aliphatic rings. The third-order valence-electron chi connectivity index (χ3n) is 0.508. The Balaban J connectivity index is 2.96. The van der Waals surface area contributed by atoms with Crippen LogP contribution in [0.5, 0.6) is 0 Å². The van der Waals surface area contributed by atoms with Crippen molar-refractivity contribution < 1.29 is 0 Å². The van der Waals surface area contributed by atoms with E-state index in [1.165, 1.54) is 11.3 Å². The van der Waals surface area contributed by atoms with Crippen molar-refractivity contribution in [3.05, 3.63) is 16.6 Å². The molecule has 35 valence electrons. The maximum absolute atomic E-state index is 4.58. The first-order valence-corrected chi connectivity index (χ1v) is 3.05. The molecule has 1 heterocycles. The van der Waals surface area contributed by atoms with E-state index in [1.807, 2.05) is 0 Å². The van der Waals surface area contributed by atoms with Gasteiger partial charge in [-0.1, -0.05) is 12.2 Å². The van der Waals surface area contributed by atoms with E-state index >= 15 is 0 Å². The van der Waals surface area contributed by atoms with Gasteiger partial charge in [0.2, 0.25) is 0 Å². The van der Waals surface area contributed by atoms with Crippen molar-refractivity contribution in [2.24, 2.45) is 0 Å². The van der Waals surface area contributed by atoms with Gasteiger partial charge in [-0.2, -0.15) is 0 Å². The van der Waals surface area contributed by atoms with Gasteiger partial charge in [0, 0.05) is 10.7 Å². The van der Waals surface area contributed by atoms with Gasteiger partial charge < -0.3 is 0 Å². The highest BCUT2D eigenvalue weighted by Gasteiger charge is 1.82. The monoisotopic (exact) mass is 128 g/mol. The van der Waals surface area contributed by atoms with Crippen LogP contribution in [0.2, 0.25) is 0 Å². The van der Waals surface area contributed by atoms with Crippen molar-refractivity contribution in [3.63, 3.8) is 0 Å². The van der Waals surface area contributed by atoms with Crippen LogP contribution >= 0.6 is 23.6 Å². The summed E-state index contributed by atoms with van der Waals surface area (Å²) >= 11 is 6.07. The largest absolute Gasteiger partial charge is 0.234 e. The van der Waals surface area contributed by atoms with Gasteiger partial charge in [-0.25, -0.2) is 4.98 Å². The first-order chi connectivity index (χ1) is 3.43. The van der Waals surface area contributed by atoms with Crippen LogP contribution in [0.15, 0.2) is 5.38 Å². The molecule has 0 fully saturated rings. The van der Waals surface area contributed by atoms with E-state index in [2.05, 4.69) is 23.4 Å². The lowest BCUT2D eigenvalue weighted by atomic mass is 10.8. The van der Waals surface area contributed by atoms with Crippen LogP contribution in [0.4, 0.5) is 0 Å². The molecule has 0 spiro atoms. The molecular weight excluding hydrogens is 126 g/mol. The molecule has 0 unspecified atom stereocenters. The zero-order chi connectivity index (χ0) is 5.11. The second kappa shape index (κ2) is 2.14. The average Bonchev–Trinajstić information content (AvgIpc) is 2.14. The highest BCUT2D eigenvalue weighted by Crippen LogP contribution is 1.97. The molecule has 0 bridgehead atoms. The summed E-state index contributed by atoms with van der Waals surface area (Å²) in [7, 11) is 0. The zero-order valence-corrected chi connectivity index (χ0v) is 5.05. The predicted octanol–water partition coefficient (Wildman–Crippen LogP) is 1.29. The molecule has 0 aliphatic heterocycles. The minimum atomic E-state index is 0.856. The Morgan fingerprint density at radius 2 is 2.86 bits per heavy atom. The van der Waals surface area contributed by atoms with Crippen LogP contribution in [0.25, 0.3) is 0 Å². The van der Waals surface area contributed by atoms with Crippen molar-refractivity contribution >= 4 is 28.9 Å². The normalized spacial score (nSPS) is 8.57. The molecule has 1 aromatic heterocycles. The molecule has 0 saturated heterocycles. The second-order valence-electron chi connectivity index (χ2n) is 0.933. The molecule has 0 aliphatic carbocycles. The molecular formula is C4H2NS2. The van der Waals surface area contributed by atoms with Crippen molar-refractivity contribution in [3.8, 4) is 0 Å². The number of thiazole rings is 1. The number of aromatic nitrogens is 1. The van der Waals surface area contributed by atoms with Crippen LogP contribution in [0, 0.1) is 6.20 Å². The fourth-order valence-corrected chi connectivity index (χ4v) is 0.864. The van der Waals surface area contributed by atoms with Crippen LogP contribution in [0.1, 0.15) is 5.01 Å². The standard InChI is InChI=1S/C4H2NS2/c6-3-4-5-1-2-7-4/h2-3H. The van der Waals surface area contributed by atoms with Gasteiger partial charge in [0.25, 0.3) is 0 Å². The smallest absolute Gasteiger partial charge is 0.127 e. The van der Waals surface area contributed by atoms with Crippen LogP contribution in [0.3, 0.4) is 0 Å². The van der Waals surface area contributed by atoms with E-state index in [9.17, 15) is 0 Å². The first-order valence-electron chi connectivity index (χ1n) is 1.70. The highest BCUT2D eigenvalue weighted by molar-refractivity contribution is 7.79. The van der Waals surface area contributed by atoms with Gasteiger partial charge in [0.1, 0.15) is 11.2 Å². The first kappa shape index (κ1) is 4.87. The van der Waals surface area contributed by atoms with E-state index < -0.39 is 0 Å². The summed E-state index contributed by atoms with van der Waals surface area (Å²) in [5, 5.41) is 4.18. The molecule has 1 radical (unpaired) electrons. The minimum absolute atomic E-state index is 0.856. The SMILES string of the molecule is S=Cc1n[c]cs1. The summed E-state index contributed by atoms with van der Waals surface area (Å²) in [4.78, 5) is 3.77. The summed E-state index contributed by atoms with van der Waals surface area (Å²) in [6.45, 7) is 0. The number of rotatable bonds is 1. The van der Waals surface area contributed by atoms with E-state index in [1.54, 1.807) is 10.7 Å². The second-order valence-corrected chi connectivity index (χ2v) is 2.06. The van der Waals surface area contributed by atoms with Gasteiger partial charge in [-0.15, -0.1) is 11.3 Å². The third-order valence-corrected chi connectivity index (χ3v) is 1.55. The summed E-state index contributed by atoms with van der Waals surface area (Å²) in [5.74, 6) is 0. The quantitative estimate of drug-likeness (QED) is 0.529. The molecule has 0 amide bonds. The van der Waals surface area contributed by atoms with Gasteiger partial charge in [0.05, 0.1) is 0 Å². The molecule has 0 N–H and O–H groups in total. The topological polar surface area (TPSA) is 12.9 Å². The molecule has 7 heavy (non-hydrogen) atoms. The predicted molar refractivity (Wildman–Crippen MR) is 33.7 cm³/mol. The lowest BCUT2D eigenvalue weighted by Gasteiger charge is -1.67. The van der Waals surface area contributed by atoms with Gasteiger partial charge in [-0.05, 0) is 0 Å². The number of hydrogen-bond acceptors (Lipinski definition) is 3. The lowest BCUT2D eigenvalue weighted by Crippen LogP contribution is -1.68. The molecule has 1 rings (SSSR count). The third kappa shape index (κ3) is 1.04. The molecule has 3 heteroatoms. The Labute approximate surface area is 51.0 Å². The molecule has 0 aromatic carbocycles. The van der Waals surface area contributed by atoms with Gasteiger partial charge in [0.15, 0.2) is 0 Å². The van der Waals surface area contributed by atoms with Crippen LogP contribution < -0.4 is 0 Å². The van der Waals surface area contributed by atoms with E-state index in [4.69, 9.17) is 0 Å².